The van der Waals surface area contributed by atoms with Gasteiger partial charge in [0.05, 0.1) is 7.11 Å². The van der Waals surface area contributed by atoms with E-state index in [1.807, 2.05) is 32.9 Å². The van der Waals surface area contributed by atoms with E-state index in [-0.39, 0.29) is 5.92 Å². The van der Waals surface area contributed by atoms with Crippen LogP contribution in [0.2, 0.25) is 0 Å². The summed E-state index contributed by atoms with van der Waals surface area (Å²) >= 11 is 3.46. The first kappa shape index (κ1) is 16.8. The van der Waals surface area contributed by atoms with Crippen LogP contribution in [-0.4, -0.2) is 24.1 Å². The summed E-state index contributed by atoms with van der Waals surface area (Å²) in [4.78, 5) is 11.8. The van der Waals surface area contributed by atoms with Gasteiger partial charge in [0, 0.05) is 11.0 Å². The molecule has 0 fully saturated rings. The third kappa shape index (κ3) is 5.04. The molecule has 1 aromatic carbocycles. The van der Waals surface area contributed by atoms with Crippen LogP contribution < -0.4 is 10.1 Å². The monoisotopic (exact) mass is 343 g/mol. The zero-order valence-corrected chi connectivity index (χ0v) is 14.2. The van der Waals surface area contributed by atoms with Gasteiger partial charge in [0.1, 0.15) is 11.4 Å². The normalized spacial score (nSPS) is 12.7. The molecule has 1 amide bonds. The van der Waals surface area contributed by atoms with Gasteiger partial charge in [-0.2, -0.15) is 0 Å². The lowest BCUT2D eigenvalue weighted by atomic mass is 10.0. The number of halogens is 1. The molecule has 0 bridgehead atoms. The lowest BCUT2D eigenvalue weighted by Gasteiger charge is -2.20. The summed E-state index contributed by atoms with van der Waals surface area (Å²) in [5.41, 5.74) is 1.23. The van der Waals surface area contributed by atoms with Gasteiger partial charge in [-0.3, -0.25) is 5.32 Å². The molecule has 0 aliphatic rings. The van der Waals surface area contributed by atoms with Crippen LogP contribution in [-0.2, 0) is 4.74 Å². The second kappa shape index (κ2) is 6.97. The molecule has 5 heteroatoms. The fourth-order valence-corrected chi connectivity index (χ4v) is 2.05. The Hall–Kier alpha value is -1.23. The summed E-state index contributed by atoms with van der Waals surface area (Å²) in [7, 11) is 1.64. The molecule has 0 spiro atoms. The predicted octanol–water partition coefficient (Wildman–Crippen LogP) is 4.54. The van der Waals surface area contributed by atoms with E-state index in [4.69, 9.17) is 9.47 Å². The summed E-state index contributed by atoms with van der Waals surface area (Å²) in [5.74, 6) is 1.09. The molecule has 0 aliphatic carbocycles. The van der Waals surface area contributed by atoms with E-state index >= 15 is 0 Å². The lowest BCUT2D eigenvalue weighted by Crippen LogP contribution is -2.27. The van der Waals surface area contributed by atoms with Gasteiger partial charge in [-0.1, -0.05) is 22.9 Å². The minimum absolute atomic E-state index is 0.283. The number of benzene rings is 1. The highest BCUT2D eigenvalue weighted by Gasteiger charge is 2.17. The maximum atomic E-state index is 11.8. The standard InChI is InChI=1S/C15H22BrNO3/c1-10(9-16)12-8-11(6-7-13(12)19-5)17-14(18)20-15(2,3)4/h6-8,10H,9H2,1-5H3,(H,17,18). The zero-order chi connectivity index (χ0) is 15.3. The molecule has 0 radical (unpaired) electrons. The molecule has 112 valence electrons. The van der Waals surface area contributed by atoms with Crippen molar-refractivity contribution in [2.75, 3.05) is 17.8 Å². The molecule has 20 heavy (non-hydrogen) atoms. The maximum Gasteiger partial charge on any atom is 0.412 e. The molecule has 1 atom stereocenters. The van der Waals surface area contributed by atoms with E-state index in [0.717, 1.165) is 16.6 Å². The largest absolute Gasteiger partial charge is 0.496 e. The Labute approximate surface area is 129 Å². The fourth-order valence-electron chi connectivity index (χ4n) is 1.70. The van der Waals surface area contributed by atoms with E-state index < -0.39 is 11.7 Å². The van der Waals surface area contributed by atoms with Gasteiger partial charge in [-0.05, 0) is 50.5 Å². The SMILES string of the molecule is COc1ccc(NC(=O)OC(C)(C)C)cc1C(C)CBr. The number of nitrogens with one attached hydrogen (secondary N) is 1. The minimum atomic E-state index is -0.511. The molecule has 1 rings (SSSR count). The van der Waals surface area contributed by atoms with E-state index in [2.05, 4.69) is 28.2 Å². The molecule has 1 unspecified atom stereocenters. The first-order valence-electron chi connectivity index (χ1n) is 6.50. The Balaban J connectivity index is 2.89. The highest BCUT2D eigenvalue weighted by molar-refractivity contribution is 9.09. The van der Waals surface area contributed by atoms with Crippen molar-refractivity contribution in [3.63, 3.8) is 0 Å². The molecule has 0 heterocycles. The molecular weight excluding hydrogens is 322 g/mol. The molecule has 4 nitrogen and oxygen atoms in total. The van der Waals surface area contributed by atoms with Crippen molar-refractivity contribution >= 4 is 27.7 Å². The highest BCUT2D eigenvalue weighted by atomic mass is 79.9. The average Bonchev–Trinajstić information content (AvgIpc) is 2.35. The van der Waals surface area contributed by atoms with Gasteiger partial charge >= 0.3 is 6.09 Å². The Morgan fingerprint density at radius 1 is 1.40 bits per heavy atom. The smallest absolute Gasteiger partial charge is 0.412 e. The lowest BCUT2D eigenvalue weighted by molar-refractivity contribution is 0.0636. The van der Waals surface area contributed by atoms with Gasteiger partial charge in [-0.15, -0.1) is 0 Å². The zero-order valence-electron chi connectivity index (χ0n) is 12.6. The predicted molar refractivity (Wildman–Crippen MR) is 85.1 cm³/mol. The molecule has 0 aliphatic heterocycles. The van der Waals surface area contributed by atoms with Crippen molar-refractivity contribution < 1.29 is 14.3 Å². The summed E-state index contributed by atoms with van der Waals surface area (Å²) in [6.07, 6.45) is -0.458. The Bertz CT molecular complexity index is 469. The Morgan fingerprint density at radius 3 is 2.55 bits per heavy atom. The average molecular weight is 344 g/mol. The van der Waals surface area contributed by atoms with Gasteiger partial charge in [0.15, 0.2) is 0 Å². The number of alkyl halides is 1. The number of hydrogen-bond acceptors (Lipinski definition) is 3. The molecule has 0 saturated carbocycles. The number of anilines is 1. The van der Waals surface area contributed by atoms with Gasteiger partial charge in [0.25, 0.3) is 0 Å². The first-order valence-corrected chi connectivity index (χ1v) is 7.63. The van der Waals surface area contributed by atoms with Crippen LogP contribution in [0, 0.1) is 0 Å². The number of ether oxygens (including phenoxy) is 2. The van der Waals surface area contributed by atoms with Crippen LogP contribution in [0.1, 0.15) is 39.2 Å². The third-order valence-electron chi connectivity index (χ3n) is 2.64. The fraction of sp³-hybridized carbons (Fsp3) is 0.533. The van der Waals surface area contributed by atoms with E-state index in [9.17, 15) is 4.79 Å². The van der Waals surface area contributed by atoms with Crippen molar-refractivity contribution in [2.45, 2.75) is 39.2 Å². The molecule has 1 aromatic rings. The van der Waals surface area contributed by atoms with Crippen LogP contribution in [0.3, 0.4) is 0 Å². The van der Waals surface area contributed by atoms with Crippen LogP contribution in [0.5, 0.6) is 5.75 Å². The minimum Gasteiger partial charge on any atom is -0.496 e. The van der Waals surface area contributed by atoms with E-state index in [1.54, 1.807) is 13.2 Å². The second-order valence-corrected chi connectivity index (χ2v) is 6.29. The van der Waals surface area contributed by atoms with Crippen molar-refractivity contribution in [3.8, 4) is 5.75 Å². The number of amides is 1. The second-order valence-electron chi connectivity index (χ2n) is 5.64. The highest BCUT2D eigenvalue weighted by Crippen LogP contribution is 2.30. The van der Waals surface area contributed by atoms with E-state index in [1.165, 1.54) is 0 Å². The number of rotatable bonds is 4. The van der Waals surface area contributed by atoms with E-state index in [0.29, 0.717) is 5.69 Å². The first-order chi connectivity index (χ1) is 9.26. The number of carbonyl (C=O) groups is 1. The van der Waals surface area contributed by atoms with Crippen LogP contribution in [0.4, 0.5) is 10.5 Å². The summed E-state index contributed by atoms with van der Waals surface area (Å²) < 4.78 is 10.6. The molecule has 1 N–H and O–H groups in total. The van der Waals surface area contributed by atoms with Crippen molar-refractivity contribution in [1.29, 1.82) is 0 Å². The van der Waals surface area contributed by atoms with Gasteiger partial charge in [0.2, 0.25) is 0 Å². The molecular formula is C15H22BrNO3. The summed E-state index contributed by atoms with van der Waals surface area (Å²) in [5, 5.41) is 3.56. The quantitative estimate of drug-likeness (QED) is 0.816. The van der Waals surface area contributed by atoms with Crippen molar-refractivity contribution in [1.82, 2.24) is 0 Å². The number of methoxy groups -OCH3 is 1. The third-order valence-corrected chi connectivity index (χ3v) is 3.61. The number of hydrogen-bond donors (Lipinski definition) is 1. The van der Waals surface area contributed by atoms with Crippen LogP contribution in [0.25, 0.3) is 0 Å². The summed E-state index contributed by atoms with van der Waals surface area (Å²) in [6.45, 7) is 7.58. The van der Waals surface area contributed by atoms with Crippen LogP contribution in [0.15, 0.2) is 18.2 Å². The van der Waals surface area contributed by atoms with Gasteiger partial charge in [-0.25, -0.2) is 4.79 Å². The van der Waals surface area contributed by atoms with Crippen molar-refractivity contribution in [2.24, 2.45) is 0 Å². The van der Waals surface area contributed by atoms with Crippen molar-refractivity contribution in [3.05, 3.63) is 23.8 Å². The van der Waals surface area contributed by atoms with Crippen LogP contribution >= 0.6 is 15.9 Å². The number of carbonyl (C=O) groups excluding carboxylic acids is 1. The van der Waals surface area contributed by atoms with Gasteiger partial charge < -0.3 is 9.47 Å². The molecule has 0 saturated heterocycles. The Kier molecular flexibility index (Phi) is 5.87. The molecule has 0 aromatic heterocycles. The maximum absolute atomic E-state index is 11.8. The summed E-state index contributed by atoms with van der Waals surface area (Å²) in [6, 6.07) is 5.56. The topological polar surface area (TPSA) is 47.6 Å². The Morgan fingerprint density at radius 2 is 2.05 bits per heavy atom.